The summed E-state index contributed by atoms with van der Waals surface area (Å²) >= 11 is 0. The monoisotopic (exact) mass is 295 g/mol. The summed E-state index contributed by atoms with van der Waals surface area (Å²) in [5.74, 6) is -0.741. The van der Waals surface area contributed by atoms with E-state index in [-0.39, 0.29) is 29.7 Å². The third-order valence-corrected chi connectivity index (χ3v) is 3.33. The molecule has 3 rings (SSSR count). The van der Waals surface area contributed by atoms with E-state index in [9.17, 15) is 9.90 Å². The number of aliphatic hydroxyl groups is 1. The maximum atomic E-state index is 11.7. The van der Waals surface area contributed by atoms with Gasteiger partial charge in [-0.2, -0.15) is 4.98 Å². The van der Waals surface area contributed by atoms with Crippen molar-refractivity contribution < 1.29 is 14.6 Å². The van der Waals surface area contributed by atoms with Gasteiger partial charge in [0.1, 0.15) is 12.2 Å². The first-order chi connectivity index (χ1) is 9.89. The van der Waals surface area contributed by atoms with E-state index >= 15 is 0 Å². The van der Waals surface area contributed by atoms with E-state index in [1.807, 2.05) is 0 Å². The molecule has 9 nitrogen and oxygen atoms in total. The summed E-state index contributed by atoms with van der Waals surface area (Å²) in [6, 6.07) is 0. The number of rotatable bonds is 3. The lowest BCUT2D eigenvalue weighted by molar-refractivity contribution is -0.149. The summed E-state index contributed by atoms with van der Waals surface area (Å²) in [6.07, 6.45) is 0.677. The summed E-state index contributed by atoms with van der Waals surface area (Å²) < 4.78 is 13.0. The number of aliphatic hydroxyl groups excluding tert-OH is 1. The topological polar surface area (TPSA) is 128 Å². The number of anilines is 1. The molecule has 3 heterocycles. The van der Waals surface area contributed by atoms with Gasteiger partial charge in [0.15, 0.2) is 17.0 Å². The van der Waals surface area contributed by atoms with Gasteiger partial charge in [-0.1, -0.05) is 0 Å². The fraction of sp³-hybridized carbons (Fsp3) is 0.583. The largest absolute Gasteiger partial charge is 0.394 e. The predicted octanol–water partition coefficient (Wildman–Crippen LogP) is -0.786. The van der Waals surface area contributed by atoms with Crippen LogP contribution in [0, 0.1) is 0 Å². The molecule has 0 spiro atoms. The van der Waals surface area contributed by atoms with E-state index in [1.165, 1.54) is 6.33 Å². The molecule has 4 N–H and O–H groups in total. The highest BCUT2D eigenvalue weighted by molar-refractivity contribution is 5.70. The van der Waals surface area contributed by atoms with Crippen LogP contribution in [0.5, 0.6) is 0 Å². The second-order valence-electron chi connectivity index (χ2n) is 5.42. The highest BCUT2D eigenvalue weighted by Gasteiger charge is 2.41. The van der Waals surface area contributed by atoms with Crippen LogP contribution in [0.15, 0.2) is 11.1 Å². The van der Waals surface area contributed by atoms with Gasteiger partial charge >= 0.3 is 0 Å². The van der Waals surface area contributed by atoms with Gasteiger partial charge in [-0.25, -0.2) is 4.98 Å². The van der Waals surface area contributed by atoms with Gasteiger partial charge in [0, 0.05) is 0 Å². The van der Waals surface area contributed by atoms with Crippen LogP contribution in [0.3, 0.4) is 0 Å². The standard InChI is InChI=1S/C12H17N5O4/c1-12(2)20-6(7(4-18)21-12)3-17-5-14-8-9(17)15-11(13)16-10(8)19/h5-7,18H,3-4H2,1-2H3,(H3,13,15,16,19)/t6-,7+/m0/s1. The molecule has 0 aliphatic carbocycles. The second kappa shape index (κ2) is 4.79. The smallest absolute Gasteiger partial charge is 0.280 e. The molecule has 114 valence electrons. The molecule has 1 saturated heterocycles. The van der Waals surface area contributed by atoms with Crippen LogP contribution < -0.4 is 11.3 Å². The Balaban J connectivity index is 1.93. The Morgan fingerprint density at radius 1 is 1.48 bits per heavy atom. The second-order valence-corrected chi connectivity index (χ2v) is 5.42. The number of aromatic amines is 1. The number of fused-ring (bicyclic) bond motifs is 1. The first-order valence-electron chi connectivity index (χ1n) is 6.57. The zero-order valence-corrected chi connectivity index (χ0v) is 11.7. The Kier molecular flexibility index (Phi) is 3.19. The first kappa shape index (κ1) is 14.0. The normalized spacial score (nSPS) is 24.7. The molecule has 0 aromatic carbocycles. The fourth-order valence-electron chi connectivity index (χ4n) is 2.52. The van der Waals surface area contributed by atoms with Crippen molar-refractivity contribution in [1.29, 1.82) is 0 Å². The molecule has 9 heteroatoms. The van der Waals surface area contributed by atoms with Gasteiger partial charge in [0.2, 0.25) is 5.95 Å². The minimum absolute atomic E-state index is 0.0249. The van der Waals surface area contributed by atoms with Crippen LogP contribution in [0.1, 0.15) is 13.8 Å². The van der Waals surface area contributed by atoms with E-state index in [0.717, 1.165) is 0 Å². The number of aromatic nitrogens is 4. The van der Waals surface area contributed by atoms with Crippen LogP contribution in [-0.2, 0) is 16.0 Å². The lowest BCUT2D eigenvalue weighted by Crippen LogP contribution is -2.30. The zero-order chi connectivity index (χ0) is 15.2. The number of hydrogen-bond acceptors (Lipinski definition) is 7. The number of nitrogens with one attached hydrogen (secondary N) is 1. The zero-order valence-electron chi connectivity index (χ0n) is 11.7. The summed E-state index contributed by atoms with van der Waals surface area (Å²) in [5, 5.41) is 9.38. The lowest BCUT2D eigenvalue weighted by atomic mass is 10.2. The molecular formula is C12H17N5O4. The first-order valence-corrected chi connectivity index (χ1v) is 6.57. The number of nitrogens with zero attached hydrogens (tertiary/aromatic N) is 3. The number of nitrogens with two attached hydrogens (primary N) is 1. The van der Waals surface area contributed by atoms with Crippen LogP contribution in [0.25, 0.3) is 11.2 Å². The van der Waals surface area contributed by atoms with Gasteiger partial charge < -0.3 is 24.9 Å². The summed E-state index contributed by atoms with van der Waals surface area (Å²) in [7, 11) is 0. The van der Waals surface area contributed by atoms with Crippen LogP contribution in [-0.4, -0.2) is 49.2 Å². The van der Waals surface area contributed by atoms with Gasteiger partial charge in [0.25, 0.3) is 5.56 Å². The van der Waals surface area contributed by atoms with Gasteiger partial charge in [-0.3, -0.25) is 9.78 Å². The summed E-state index contributed by atoms with van der Waals surface area (Å²) in [4.78, 5) is 22.2. The minimum Gasteiger partial charge on any atom is -0.394 e. The number of ether oxygens (including phenoxy) is 2. The molecule has 0 saturated carbocycles. The molecular weight excluding hydrogens is 278 g/mol. The van der Waals surface area contributed by atoms with Crippen LogP contribution in [0.4, 0.5) is 5.95 Å². The lowest BCUT2D eigenvalue weighted by Gasteiger charge is -2.17. The minimum atomic E-state index is -0.765. The van der Waals surface area contributed by atoms with Gasteiger partial charge in [-0.15, -0.1) is 0 Å². The molecule has 1 aliphatic heterocycles. The van der Waals surface area contributed by atoms with Crippen molar-refractivity contribution in [3.05, 3.63) is 16.7 Å². The molecule has 21 heavy (non-hydrogen) atoms. The van der Waals surface area contributed by atoms with Crippen molar-refractivity contribution in [3.63, 3.8) is 0 Å². The van der Waals surface area contributed by atoms with E-state index in [1.54, 1.807) is 18.4 Å². The molecule has 2 aromatic rings. The number of nitrogen functional groups attached to an aromatic ring is 1. The number of imidazole rings is 1. The van der Waals surface area contributed by atoms with E-state index < -0.39 is 11.9 Å². The average Bonchev–Trinajstić information content (AvgIpc) is 2.91. The quantitative estimate of drug-likeness (QED) is 0.677. The number of H-pyrrole nitrogens is 1. The van der Waals surface area contributed by atoms with E-state index in [4.69, 9.17) is 15.2 Å². The SMILES string of the molecule is CC1(C)O[C@@H](Cn2cnc3c(=O)[nH]c(N)nc32)[C@@H](CO)O1. The molecule has 2 aromatic heterocycles. The Morgan fingerprint density at radius 3 is 2.90 bits per heavy atom. The van der Waals surface area contributed by atoms with Crippen molar-refractivity contribution in [2.75, 3.05) is 12.3 Å². The highest BCUT2D eigenvalue weighted by Crippen LogP contribution is 2.29. The third kappa shape index (κ3) is 2.50. The van der Waals surface area contributed by atoms with Crippen molar-refractivity contribution in [3.8, 4) is 0 Å². The van der Waals surface area contributed by atoms with Crippen molar-refractivity contribution in [2.24, 2.45) is 0 Å². The Hall–Kier alpha value is -1.97. The van der Waals surface area contributed by atoms with E-state index in [0.29, 0.717) is 12.2 Å². The van der Waals surface area contributed by atoms with Crippen LogP contribution in [0.2, 0.25) is 0 Å². The molecule has 0 bridgehead atoms. The molecule has 0 radical (unpaired) electrons. The van der Waals surface area contributed by atoms with Crippen molar-refractivity contribution in [2.45, 2.75) is 38.4 Å². The third-order valence-electron chi connectivity index (χ3n) is 3.33. The van der Waals surface area contributed by atoms with Gasteiger partial charge in [-0.05, 0) is 13.8 Å². The van der Waals surface area contributed by atoms with Crippen molar-refractivity contribution >= 4 is 17.1 Å². The molecule has 2 atom stereocenters. The summed E-state index contributed by atoms with van der Waals surface area (Å²) in [6.45, 7) is 3.75. The van der Waals surface area contributed by atoms with Crippen molar-refractivity contribution in [1.82, 2.24) is 19.5 Å². The summed E-state index contributed by atoms with van der Waals surface area (Å²) in [5.41, 5.74) is 5.75. The predicted molar refractivity (Wildman–Crippen MR) is 73.5 cm³/mol. The highest BCUT2D eigenvalue weighted by atomic mass is 16.8. The average molecular weight is 295 g/mol. The maximum Gasteiger partial charge on any atom is 0.280 e. The number of hydrogen-bond donors (Lipinski definition) is 3. The van der Waals surface area contributed by atoms with Crippen LogP contribution >= 0.6 is 0 Å². The Bertz CT molecular complexity index is 722. The Labute approximate surface area is 119 Å². The molecule has 1 fully saturated rings. The molecule has 0 unspecified atom stereocenters. The molecule has 0 amide bonds. The maximum absolute atomic E-state index is 11.7. The Morgan fingerprint density at radius 2 is 2.19 bits per heavy atom. The fourth-order valence-corrected chi connectivity index (χ4v) is 2.52. The van der Waals surface area contributed by atoms with E-state index in [2.05, 4.69) is 15.0 Å². The van der Waals surface area contributed by atoms with Gasteiger partial charge in [0.05, 0.1) is 19.5 Å². The molecule has 1 aliphatic rings.